The van der Waals surface area contributed by atoms with Gasteiger partial charge in [-0.05, 0) is 5.92 Å². The zero-order chi connectivity index (χ0) is 10.6. The first-order chi connectivity index (χ1) is 5.84. The molecule has 0 aliphatic rings. The summed E-state index contributed by atoms with van der Waals surface area (Å²) in [6.45, 7) is 7.63. The van der Waals surface area contributed by atoms with E-state index >= 15 is 0 Å². The molecule has 2 N–H and O–H groups in total. The number of carbonyl (C=O) groups is 1. The monoisotopic (exact) mass is 188 g/mol. The van der Waals surface area contributed by atoms with Gasteiger partial charge in [-0.1, -0.05) is 40.5 Å². The van der Waals surface area contributed by atoms with E-state index in [9.17, 15) is 9.90 Å². The first-order valence-corrected chi connectivity index (χ1v) is 4.74. The van der Waals surface area contributed by atoms with E-state index in [0.717, 1.165) is 12.8 Å². The van der Waals surface area contributed by atoms with Crippen LogP contribution in [0, 0.1) is 11.3 Å². The summed E-state index contributed by atoms with van der Waals surface area (Å²) < 4.78 is 0. The van der Waals surface area contributed by atoms with Crippen molar-refractivity contribution < 1.29 is 15.0 Å². The Morgan fingerprint density at radius 2 is 1.92 bits per heavy atom. The largest absolute Gasteiger partial charge is 0.479 e. The summed E-state index contributed by atoms with van der Waals surface area (Å²) in [7, 11) is 0. The van der Waals surface area contributed by atoms with Gasteiger partial charge in [-0.2, -0.15) is 0 Å². The first kappa shape index (κ1) is 12.4. The van der Waals surface area contributed by atoms with Crippen molar-refractivity contribution in [1.29, 1.82) is 0 Å². The molecule has 0 rings (SSSR count). The predicted octanol–water partition coefficient (Wildman–Crippen LogP) is 1.89. The Morgan fingerprint density at radius 3 is 2.23 bits per heavy atom. The Balaban J connectivity index is 4.44. The third-order valence-electron chi connectivity index (χ3n) is 2.93. The van der Waals surface area contributed by atoms with E-state index in [-0.39, 0.29) is 5.92 Å². The SMILES string of the molecule is CCCC(C)C(C)(C)C(O)C(=O)O. The van der Waals surface area contributed by atoms with Gasteiger partial charge in [-0.3, -0.25) is 0 Å². The van der Waals surface area contributed by atoms with Crippen molar-refractivity contribution in [3.05, 3.63) is 0 Å². The lowest BCUT2D eigenvalue weighted by atomic mass is 9.73. The summed E-state index contributed by atoms with van der Waals surface area (Å²) in [4.78, 5) is 10.6. The molecule has 13 heavy (non-hydrogen) atoms. The highest BCUT2D eigenvalue weighted by atomic mass is 16.4. The number of carboxylic acids is 1. The molecular weight excluding hydrogens is 168 g/mol. The number of hydrogen-bond acceptors (Lipinski definition) is 2. The Kier molecular flexibility index (Phi) is 4.40. The molecule has 0 aliphatic heterocycles. The Hall–Kier alpha value is -0.570. The van der Waals surface area contributed by atoms with Crippen molar-refractivity contribution in [3.63, 3.8) is 0 Å². The van der Waals surface area contributed by atoms with Crippen LogP contribution in [0.2, 0.25) is 0 Å². The fourth-order valence-corrected chi connectivity index (χ4v) is 1.39. The fraction of sp³-hybridized carbons (Fsp3) is 0.900. The highest BCUT2D eigenvalue weighted by Crippen LogP contribution is 2.33. The van der Waals surface area contributed by atoms with Gasteiger partial charge in [0.25, 0.3) is 0 Å². The van der Waals surface area contributed by atoms with Crippen molar-refractivity contribution >= 4 is 5.97 Å². The lowest BCUT2D eigenvalue weighted by Gasteiger charge is -2.34. The zero-order valence-electron chi connectivity index (χ0n) is 8.87. The second-order valence-electron chi connectivity index (χ2n) is 4.25. The Morgan fingerprint density at radius 1 is 1.46 bits per heavy atom. The number of rotatable bonds is 5. The zero-order valence-corrected chi connectivity index (χ0v) is 8.87. The van der Waals surface area contributed by atoms with Crippen molar-refractivity contribution in [2.24, 2.45) is 11.3 Å². The predicted molar refractivity (Wildman–Crippen MR) is 51.5 cm³/mol. The minimum Gasteiger partial charge on any atom is -0.479 e. The van der Waals surface area contributed by atoms with E-state index in [2.05, 4.69) is 6.92 Å². The molecule has 2 atom stereocenters. The van der Waals surface area contributed by atoms with Gasteiger partial charge >= 0.3 is 5.97 Å². The van der Waals surface area contributed by atoms with E-state index in [1.807, 2.05) is 6.92 Å². The second kappa shape index (κ2) is 4.61. The van der Waals surface area contributed by atoms with Gasteiger partial charge in [0.1, 0.15) is 0 Å². The summed E-state index contributed by atoms with van der Waals surface area (Å²) in [5.74, 6) is -0.920. The summed E-state index contributed by atoms with van der Waals surface area (Å²) in [5.41, 5.74) is -0.554. The van der Waals surface area contributed by atoms with Crippen LogP contribution in [0.15, 0.2) is 0 Å². The van der Waals surface area contributed by atoms with Gasteiger partial charge in [0.05, 0.1) is 0 Å². The third kappa shape index (κ3) is 2.99. The molecule has 0 saturated carbocycles. The van der Waals surface area contributed by atoms with Crippen molar-refractivity contribution in [2.75, 3.05) is 0 Å². The van der Waals surface area contributed by atoms with Crippen LogP contribution in [-0.4, -0.2) is 22.3 Å². The van der Waals surface area contributed by atoms with Crippen LogP contribution in [0.1, 0.15) is 40.5 Å². The molecule has 0 radical (unpaired) electrons. The summed E-state index contributed by atoms with van der Waals surface area (Å²) in [5, 5.41) is 18.1. The number of hydrogen-bond donors (Lipinski definition) is 2. The highest BCUT2D eigenvalue weighted by Gasteiger charge is 2.37. The maximum Gasteiger partial charge on any atom is 0.333 e. The van der Waals surface area contributed by atoms with Crippen molar-refractivity contribution in [2.45, 2.75) is 46.6 Å². The number of aliphatic carboxylic acids is 1. The van der Waals surface area contributed by atoms with Gasteiger partial charge in [-0.15, -0.1) is 0 Å². The fourth-order valence-electron chi connectivity index (χ4n) is 1.39. The number of aliphatic hydroxyl groups is 1. The van der Waals surface area contributed by atoms with Gasteiger partial charge in [0, 0.05) is 5.41 Å². The molecule has 0 aromatic heterocycles. The van der Waals surface area contributed by atoms with Crippen LogP contribution in [0.4, 0.5) is 0 Å². The Bertz CT molecular complexity index is 175. The maximum atomic E-state index is 10.6. The molecule has 0 fully saturated rings. The highest BCUT2D eigenvalue weighted by molar-refractivity contribution is 5.73. The molecule has 0 saturated heterocycles. The molecule has 0 amide bonds. The quantitative estimate of drug-likeness (QED) is 0.692. The number of carboxylic acid groups (broad SMARTS) is 1. The lowest BCUT2D eigenvalue weighted by Crippen LogP contribution is -2.40. The van der Waals surface area contributed by atoms with Crippen LogP contribution < -0.4 is 0 Å². The maximum absolute atomic E-state index is 10.6. The van der Waals surface area contributed by atoms with E-state index in [4.69, 9.17) is 5.11 Å². The molecule has 0 aromatic rings. The summed E-state index contributed by atoms with van der Waals surface area (Å²) in [6.07, 6.45) is 0.683. The van der Waals surface area contributed by atoms with E-state index in [0.29, 0.717) is 0 Å². The summed E-state index contributed by atoms with van der Waals surface area (Å²) >= 11 is 0. The molecule has 0 aromatic carbocycles. The molecule has 0 aliphatic carbocycles. The first-order valence-electron chi connectivity index (χ1n) is 4.74. The number of aliphatic hydroxyl groups excluding tert-OH is 1. The van der Waals surface area contributed by atoms with Crippen LogP contribution in [0.3, 0.4) is 0 Å². The molecule has 3 heteroatoms. The van der Waals surface area contributed by atoms with Gasteiger partial charge in [0.2, 0.25) is 0 Å². The lowest BCUT2D eigenvalue weighted by molar-refractivity contribution is -0.155. The molecule has 0 heterocycles. The molecule has 0 bridgehead atoms. The van der Waals surface area contributed by atoms with Crippen molar-refractivity contribution in [1.82, 2.24) is 0 Å². The molecule has 78 valence electrons. The Labute approximate surface area is 79.8 Å². The summed E-state index contributed by atoms with van der Waals surface area (Å²) in [6, 6.07) is 0. The standard InChI is InChI=1S/C10H20O3/c1-5-6-7(2)10(3,4)8(11)9(12)13/h7-8,11H,5-6H2,1-4H3,(H,12,13). The van der Waals surface area contributed by atoms with E-state index < -0.39 is 17.5 Å². The van der Waals surface area contributed by atoms with E-state index in [1.54, 1.807) is 13.8 Å². The van der Waals surface area contributed by atoms with Crippen molar-refractivity contribution in [3.8, 4) is 0 Å². The molecule has 2 unspecified atom stereocenters. The van der Waals surface area contributed by atoms with Gasteiger partial charge in [0.15, 0.2) is 6.10 Å². The van der Waals surface area contributed by atoms with Crippen LogP contribution in [0.25, 0.3) is 0 Å². The molecular formula is C10H20O3. The van der Waals surface area contributed by atoms with Crippen LogP contribution in [0.5, 0.6) is 0 Å². The third-order valence-corrected chi connectivity index (χ3v) is 2.93. The molecule has 3 nitrogen and oxygen atoms in total. The second-order valence-corrected chi connectivity index (χ2v) is 4.25. The normalized spacial score (nSPS) is 16.7. The minimum atomic E-state index is -1.27. The average Bonchev–Trinajstić information content (AvgIpc) is 2.03. The molecule has 0 spiro atoms. The van der Waals surface area contributed by atoms with Gasteiger partial charge in [-0.25, -0.2) is 4.79 Å². The smallest absolute Gasteiger partial charge is 0.333 e. The van der Waals surface area contributed by atoms with E-state index in [1.165, 1.54) is 0 Å². The van der Waals surface area contributed by atoms with Crippen LogP contribution in [-0.2, 0) is 4.79 Å². The minimum absolute atomic E-state index is 0.212. The van der Waals surface area contributed by atoms with Gasteiger partial charge < -0.3 is 10.2 Å². The topological polar surface area (TPSA) is 57.5 Å². The average molecular weight is 188 g/mol. The van der Waals surface area contributed by atoms with Crippen LogP contribution >= 0.6 is 0 Å².